The number of hydrogen-bond acceptors (Lipinski definition) is 4. The summed E-state index contributed by atoms with van der Waals surface area (Å²) in [5, 5.41) is 6.80. The van der Waals surface area contributed by atoms with Crippen LogP contribution >= 0.6 is 34.1 Å². The van der Waals surface area contributed by atoms with Crippen molar-refractivity contribution in [1.82, 2.24) is 9.59 Å². The topological polar surface area (TPSA) is 54.9 Å². The molecule has 0 bridgehead atoms. The highest BCUT2D eigenvalue weighted by Gasteiger charge is 2.26. The Bertz CT molecular complexity index is 651. The number of carbonyl (C=O) groups is 1. The molecule has 1 aromatic heterocycles. The lowest BCUT2D eigenvalue weighted by Gasteiger charge is -2.16. The molecule has 0 aliphatic carbocycles. The number of hydrogen-bond donors (Lipinski definition) is 1. The summed E-state index contributed by atoms with van der Waals surface area (Å²) < 4.78 is 17.5. The van der Waals surface area contributed by atoms with Crippen LogP contribution in [0.4, 0.5) is 10.1 Å². The van der Waals surface area contributed by atoms with Gasteiger partial charge in [0.2, 0.25) is 0 Å². The average Bonchev–Trinajstić information content (AvgIpc) is 2.81. The molecule has 0 atom stereocenters. The van der Waals surface area contributed by atoms with Crippen LogP contribution in [0, 0.1) is 9.39 Å². The van der Waals surface area contributed by atoms with Crippen molar-refractivity contribution in [3.8, 4) is 0 Å². The molecule has 20 heavy (non-hydrogen) atoms. The fraction of sp³-hybridized carbons (Fsp3) is 0.308. The molecule has 1 amide bonds. The number of nitrogens with zero attached hydrogens (tertiary/aromatic N) is 2. The van der Waals surface area contributed by atoms with Gasteiger partial charge >= 0.3 is 0 Å². The Labute approximate surface area is 134 Å². The van der Waals surface area contributed by atoms with E-state index in [0.717, 1.165) is 11.5 Å². The number of carbonyl (C=O) groups excluding carboxylic acids is 1. The van der Waals surface area contributed by atoms with Crippen LogP contribution in [0.2, 0.25) is 0 Å². The molecular formula is C13H13FIN3OS. The van der Waals surface area contributed by atoms with Gasteiger partial charge < -0.3 is 5.32 Å². The molecule has 0 aliphatic rings. The molecule has 2 aromatic rings. The van der Waals surface area contributed by atoms with Crippen molar-refractivity contribution in [1.29, 1.82) is 0 Å². The highest BCUT2D eigenvalue weighted by atomic mass is 127. The fourth-order valence-electron chi connectivity index (χ4n) is 1.60. The van der Waals surface area contributed by atoms with Gasteiger partial charge in [0.25, 0.3) is 5.91 Å². The van der Waals surface area contributed by atoms with Crippen molar-refractivity contribution in [3.05, 3.63) is 38.2 Å². The predicted molar refractivity (Wildman–Crippen MR) is 85.7 cm³/mol. The van der Waals surface area contributed by atoms with Gasteiger partial charge in [-0.3, -0.25) is 4.79 Å². The zero-order valence-corrected chi connectivity index (χ0v) is 14.2. The van der Waals surface area contributed by atoms with Crippen LogP contribution in [0.3, 0.4) is 0 Å². The molecule has 2 rings (SSSR count). The van der Waals surface area contributed by atoms with Crippen molar-refractivity contribution < 1.29 is 9.18 Å². The van der Waals surface area contributed by atoms with Crippen molar-refractivity contribution in [2.45, 2.75) is 26.2 Å². The minimum absolute atomic E-state index is 0.254. The lowest BCUT2D eigenvalue weighted by atomic mass is 9.91. The van der Waals surface area contributed by atoms with Crippen molar-refractivity contribution in [2.75, 3.05) is 5.32 Å². The van der Waals surface area contributed by atoms with Gasteiger partial charge in [0, 0.05) is 8.99 Å². The molecule has 0 saturated carbocycles. The van der Waals surface area contributed by atoms with Crippen molar-refractivity contribution in [3.63, 3.8) is 0 Å². The zero-order chi connectivity index (χ0) is 14.9. The minimum atomic E-state index is -0.331. The first-order valence-corrected chi connectivity index (χ1v) is 7.73. The van der Waals surface area contributed by atoms with Gasteiger partial charge in [0.05, 0.1) is 11.4 Å². The van der Waals surface area contributed by atoms with E-state index < -0.39 is 0 Å². The van der Waals surface area contributed by atoms with E-state index >= 15 is 0 Å². The minimum Gasteiger partial charge on any atom is -0.320 e. The Morgan fingerprint density at radius 3 is 2.70 bits per heavy atom. The van der Waals surface area contributed by atoms with Gasteiger partial charge in [-0.15, -0.1) is 5.10 Å². The standard InChI is InChI=1S/C13H13FIN3OS/c1-13(2,3)11-10(20-18-17-11)12(19)16-9-5-4-7(14)6-8(9)15/h4-6H,1-3H3,(H,16,19). The first-order valence-electron chi connectivity index (χ1n) is 5.88. The van der Waals surface area contributed by atoms with E-state index in [9.17, 15) is 9.18 Å². The monoisotopic (exact) mass is 405 g/mol. The Kier molecular flexibility index (Phi) is 4.38. The number of aromatic nitrogens is 2. The van der Waals surface area contributed by atoms with Crippen LogP contribution < -0.4 is 5.32 Å². The van der Waals surface area contributed by atoms with E-state index in [-0.39, 0.29) is 17.1 Å². The molecule has 4 nitrogen and oxygen atoms in total. The third kappa shape index (κ3) is 3.32. The van der Waals surface area contributed by atoms with E-state index in [1.54, 1.807) is 6.07 Å². The summed E-state index contributed by atoms with van der Waals surface area (Å²) in [5.74, 6) is -0.600. The number of rotatable bonds is 2. The molecule has 0 unspecified atom stereocenters. The van der Waals surface area contributed by atoms with E-state index in [4.69, 9.17) is 0 Å². The highest BCUT2D eigenvalue weighted by Crippen LogP contribution is 2.27. The van der Waals surface area contributed by atoms with E-state index in [0.29, 0.717) is 19.8 Å². The van der Waals surface area contributed by atoms with Crippen LogP contribution in [0.25, 0.3) is 0 Å². The van der Waals surface area contributed by atoms with E-state index in [2.05, 4.69) is 14.9 Å². The molecule has 0 saturated heterocycles. The molecule has 0 aliphatic heterocycles. The second-order valence-corrected chi connectivity index (χ2v) is 7.20. The highest BCUT2D eigenvalue weighted by molar-refractivity contribution is 14.1. The van der Waals surface area contributed by atoms with Crippen LogP contribution in [-0.2, 0) is 5.41 Å². The Balaban J connectivity index is 2.27. The van der Waals surface area contributed by atoms with Gasteiger partial charge in [-0.25, -0.2) is 4.39 Å². The molecule has 0 radical (unpaired) electrons. The van der Waals surface area contributed by atoms with E-state index in [1.807, 2.05) is 43.4 Å². The first-order chi connectivity index (χ1) is 9.29. The lowest BCUT2D eigenvalue weighted by Crippen LogP contribution is -2.20. The summed E-state index contributed by atoms with van der Waals surface area (Å²) in [6.07, 6.45) is 0. The largest absolute Gasteiger partial charge is 0.320 e. The van der Waals surface area contributed by atoms with Crippen LogP contribution in [0.1, 0.15) is 36.1 Å². The third-order valence-electron chi connectivity index (χ3n) is 2.58. The van der Waals surface area contributed by atoms with E-state index in [1.165, 1.54) is 12.1 Å². The molecule has 106 valence electrons. The van der Waals surface area contributed by atoms with Crippen LogP contribution in [-0.4, -0.2) is 15.5 Å². The Morgan fingerprint density at radius 2 is 2.10 bits per heavy atom. The normalized spacial score (nSPS) is 11.4. The maximum atomic E-state index is 13.0. The van der Waals surface area contributed by atoms with Gasteiger partial charge in [-0.2, -0.15) is 0 Å². The van der Waals surface area contributed by atoms with Gasteiger partial charge in [-0.1, -0.05) is 25.3 Å². The molecule has 1 N–H and O–H groups in total. The average molecular weight is 405 g/mol. The van der Waals surface area contributed by atoms with Crippen molar-refractivity contribution >= 4 is 45.7 Å². The molecule has 0 fully saturated rings. The number of halogens is 2. The van der Waals surface area contributed by atoms with Crippen LogP contribution in [0.5, 0.6) is 0 Å². The number of nitrogens with one attached hydrogen (secondary N) is 1. The SMILES string of the molecule is CC(C)(C)c1nnsc1C(=O)Nc1ccc(F)cc1I. The number of anilines is 1. The Morgan fingerprint density at radius 1 is 1.40 bits per heavy atom. The summed E-state index contributed by atoms with van der Waals surface area (Å²) in [4.78, 5) is 12.8. The quantitative estimate of drug-likeness (QED) is 0.773. The van der Waals surface area contributed by atoms with Gasteiger partial charge in [0.1, 0.15) is 10.7 Å². The summed E-state index contributed by atoms with van der Waals surface area (Å²) >= 11 is 3.04. The third-order valence-corrected chi connectivity index (χ3v) is 4.20. The molecular weight excluding hydrogens is 392 g/mol. The summed E-state index contributed by atoms with van der Waals surface area (Å²) in [7, 11) is 0. The first kappa shape index (κ1) is 15.3. The van der Waals surface area contributed by atoms with Crippen molar-refractivity contribution in [2.24, 2.45) is 0 Å². The second-order valence-electron chi connectivity index (χ2n) is 5.28. The summed E-state index contributed by atoms with van der Waals surface area (Å²) in [6, 6.07) is 4.22. The van der Waals surface area contributed by atoms with Gasteiger partial charge in [-0.05, 0) is 52.3 Å². The lowest BCUT2D eigenvalue weighted by molar-refractivity contribution is 0.102. The molecule has 1 aromatic carbocycles. The second kappa shape index (κ2) is 5.72. The zero-order valence-electron chi connectivity index (χ0n) is 11.2. The number of benzene rings is 1. The predicted octanol–water partition coefficient (Wildman–Crippen LogP) is 3.83. The molecule has 1 heterocycles. The fourth-order valence-corrected chi connectivity index (χ4v) is 2.98. The Hall–Kier alpha value is -1.09. The number of amides is 1. The molecule has 0 spiro atoms. The summed E-state index contributed by atoms with van der Waals surface area (Å²) in [5.41, 5.74) is 0.984. The van der Waals surface area contributed by atoms with Crippen LogP contribution in [0.15, 0.2) is 18.2 Å². The smallest absolute Gasteiger partial charge is 0.269 e. The van der Waals surface area contributed by atoms with Gasteiger partial charge in [0.15, 0.2) is 0 Å². The summed E-state index contributed by atoms with van der Waals surface area (Å²) in [6.45, 7) is 5.92. The molecule has 7 heteroatoms. The maximum Gasteiger partial charge on any atom is 0.269 e. The maximum absolute atomic E-state index is 13.0.